The number of rotatable bonds is 3. The Balaban J connectivity index is 2.08. The van der Waals surface area contributed by atoms with Crippen LogP contribution in [0.3, 0.4) is 0 Å². The number of nitrogens with zero attached hydrogens (tertiary/aromatic N) is 1. The van der Waals surface area contributed by atoms with Crippen LogP contribution >= 0.6 is 0 Å². The standard InChI is InChI=1S/C17H16N2O/c1-14(18-19-16-9-4-3-5-10-16)12-13-15-8-6-7-11-17(15)20-2/h3-11,19H,1-2H3/b18-14+. The third kappa shape index (κ3) is 3.89. The molecular weight excluding hydrogens is 248 g/mol. The summed E-state index contributed by atoms with van der Waals surface area (Å²) in [6.07, 6.45) is 0. The molecule has 0 aromatic heterocycles. The van der Waals surface area contributed by atoms with Crippen molar-refractivity contribution in [3.63, 3.8) is 0 Å². The minimum atomic E-state index is 0.708. The minimum Gasteiger partial charge on any atom is -0.495 e. The summed E-state index contributed by atoms with van der Waals surface area (Å²) in [5, 5.41) is 4.22. The van der Waals surface area contributed by atoms with Gasteiger partial charge in [0.2, 0.25) is 0 Å². The summed E-state index contributed by atoms with van der Waals surface area (Å²) in [6, 6.07) is 17.4. The maximum atomic E-state index is 5.25. The molecule has 2 aromatic carbocycles. The van der Waals surface area contributed by atoms with Crippen LogP contribution in [0.1, 0.15) is 12.5 Å². The highest BCUT2D eigenvalue weighted by atomic mass is 16.5. The van der Waals surface area contributed by atoms with Gasteiger partial charge in [0, 0.05) is 0 Å². The van der Waals surface area contributed by atoms with E-state index in [0.717, 1.165) is 17.0 Å². The highest BCUT2D eigenvalue weighted by Crippen LogP contribution is 2.15. The Bertz CT molecular complexity index is 651. The molecule has 0 saturated heterocycles. The molecule has 0 bridgehead atoms. The summed E-state index contributed by atoms with van der Waals surface area (Å²) in [4.78, 5) is 0. The molecule has 0 amide bonds. The molecule has 0 radical (unpaired) electrons. The number of hydrazone groups is 1. The highest BCUT2D eigenvalue weighted by molar-refractivity contribution is 5.99. The van der Waals surface area contributed by atoms with Gasteiger partial charge in [-0.05, 0) is 37.1 Å². The molecule has 0 heterocycles. The Morgan fingerprint density at radius 1 is 1.05 bits per heavy atom. The van der Waals surface area contributed by atoms with E-state index in [1.807, 2.05) is 61.5 Å². The Morgan fingerprint density at radius 2 is 1.75 bits per heavy atom. The van der Waals surface area contributed by atoms with Crippen molar-refractivity contribution in [3.8, 4) is 17.6 Å². The molecule has 0 saturated carbocycles. The summed E-state index contributed by atoms with van der Waals surface area (Å²) < 4.78 is 5.25. The van der Waals surface area contributed by atoms with Crippen LogP contribution in [0.15, 0.2) is 59.7 Å². The van der Waals surface area contributed by atoms with Crippen LogP contribution in [-0.4, -0.2) is 12.8 Å². The quantitative estimate of drug-likeness (QED) is 0.522. The molecule has 0 fully saturated rings. The lowest BCUT2D eigenvalue weighted by molar-refractivity contribution is 0.413. The van der Waals surface area contributed by atoms with Crippen molar-refractivity contribution >= 4 is 11.4 Å². The van der Waals surface area contributed by atoms with Gasteiger partial charge >= 0.3 is 0 Å². The van der Waals surface area contributed by atoms with Gasteiger partial charge in [0.1, 0.15) is 11.5 Å². The average molecular weight is 264 g/mol. The van der Waals surface area contributed by atoms with Gasteiger partial charge in [0.25, 0.3) is 0 Å². The number of para-hydroxylation sites is 2. The first kappa shape index (κ1) is 13.7. The van der Waals surface area contributed by atoms with Crippen molar-refractivity contribution in [1.82, 2.24) is 0 Å². The second-order valence-corrected chi connectivity index (χ2v) is 4.13. The number of anilines is 1. The number of hydrogen-bond donors (Lipinski definition) is 1. The van der Waals surface area contributed by atoms with Crippen molar-refractivity contribution in [2.45, 2.75) is 6.92 Å². The Hall–Kier alpha value is -2.73. The molecule has 1 N–H and O–H groups in total. The Labute approximate surface area is 119 Å². The molecular formula is C17H16N2O. The molecule has 0 atom stereocenters. The maximum absolute atomic E-state index is 5.25. The zero-order chi connectivity index (χ0) is 14.2. The first-order valence-electron chi connectivity index (χ1n) is 6.30. The summed E-state index contributed by atoms with van der Waals surface area (Å²) >= 11 is 0. The van der Waals surface area contributed by atoms with Gasteiger partial charge in [-0.25, -0.2) is 0 Å². The van der Waals surface area contributed by atoms with Gasteiger partial charge in [-0.2, -0.15) is 5.10 Å². The SMILES string of the molecule is COc1ccccc1C#C/C(C)=N/Nc1ccccc1. The summed E-state index contributed by atoms with van der Waals surface area (Å²) in [7, 11) is 1.64. The monoisotopic (exact) mass is 264 g/mol. The minimum absolute atomic E-state index is 0.708. The summed E-state index contributed by atoms with van der Waals surface area (Å²) in [5.41, 5.74) is 5.46. The molecule has 0 unspecified atom stereocenters. The Kier molecular flexibility index (Phi) is 4.80. The highest BCUT2D eigenvalue weighted by Gasteiger charge is 1.96. The van der Waals surface area contributed by atoms with Gasteiger partial charge in [-0.15, -0.1) is 0 Å². The van der Waals surface area contributed by atoms with Crippen LogP contribution in [0.4, 0.5) is 5.69 Å². The molecule has 100 valence electrons. The molecule has 0 spiro atoms. The van der Waals surface area contributed by atoms with Gasteiger partial charge in [0.05, 0.1) is 18.4 Å². The fraction of sp³-hybridized carbons (Fsp3) is 0.118. The fourth-order valence-corrected chi connectivity index (χ4v) is 1.59. The van der Waals surface area contributed by atoms with E-state index in [9.17, 15) is 0 Å². The van der Waals surface area contributed by atoms with E-state index in [-0.39, 0.29) is 0 Å². The lowest BCUT2D eigenvalue weighted by Gasteiger charge is -2.01. The van der Waals surface area contributed by atoms with E-state index in [2.05, 4.69) is 22.4 Å². The van der Waals surface area contributed by atoms with Crippen molar-refractivity contribution in [2.24, 2.45) is 5.10 Å². The van der Waals surface area contributed by atoms with Crippen molar-refractivity contribution < 1.29 is 4.74 Å². The first-order valence-corrected chi connectivity index (χ1v) is 6.30. The predicted molar refractivity (Wildman–Crippen MR) is 83.0 cm³/mol. The summed E-state index contributed by atoms with van der Waals surface area (Å²) in [6.45, 7) is 1.86. The van der Waals surface area contributed by atoms with Crippen molar-refractivity contribution in [2.75, 3.05) is 12.5 Å². The number of methoxy groups -OCH3 is 1. The zero-order valence-corrected chi connectivity index (χ0v) is 11.6. The van der Waals surface area contributed by atoms with Crippen molar-refractivity contribution in [1.29, 1.82) is 0 Å². The van der Waals surface area contributed by atoms with E-state index in [1.165, 1.54) is 0 Å². The normalized spacial score (nSPS) is 10.4. The number of hydrogen-bond acceptors (Lipinski definition) is 3. The second-order valence-electron chi connectivity index (χ2n) is 4.13. The van der Waals surface area contributed by atoms with Crippen LogP contribution in [0.2, 0.25) is 0 Å². The molecule has 2 aromatic rings. The number of ether oxygens (including phenoxy) is 1. The van der Waals surface area contributed by atoms with E-state index >= 15 is 0 Å². The maximum Gasteiger partial charge on any atom is 0.134 e. The van der Waals surface area contributed by atoms with Crippen LogP contribution in [0.5, 0.6) is 5.75 Å². The largest absolute Gasteiger partial charge is 0.495 e. The van der Waals surface area contributed by atoms with Crippen LogP contribution in [0.25, 0.3) is 0 Å². The van der Waals surface area contributed by atoms with E-state index in [1.54, 1.807) is 7.11 Å². The molecule has 0 aliphatic heterocycles. The molecule has 2 rings (SSSR count). The molecule has 3 nitrogen and oxygen atoms in total. The summed E-state index contributed by atoms with van der Waals surface area (Å²) in [5.74, 6) is 6.82. The number of benzene rings is 2. The zero-order valence-electron chi connectivity index (χ0n) is 11.6. The predicted octanol–water partition coefficient (Wildman–Crippen LogP) is 3.53. The van der Waals surface area contributed by atoms with Crippen LogP contribution < -0.4 is 10.2 Å². The molecule has 0 aliphatic carbocycles. The lowest BCUT2D eigenvalue weighted by Crippen LogP contribution is -1.95. The third-order valence-electron chi connectivity index (χ3n) is 2.61. The lowest BCUT2D eigenvalue weighted by atomic mass is 10.2. The number of nitrogens with one attached hydrogen (secondary N) is 1. The fourth-order valence-electron chi connectivity index (χ4n) is 1.59. The first-order chi connectivity index (χ1) is 9.79. The van der Waals surface area contributed by atoms with Crippen molar-refractivity contribution in [3.05, 3.63) is 60.2 Å². The van der Waals surface area contributed by atoms with Crippen LogP contribution in [0, 0.1) is 11.8 Å². The second kappa shape index (κ2) is 7.01. The third-order valence-corrected chi connectivity index (χ3v) is 2.61. The topological polar surface area (TPSA) is 33.6 Å². The van der Waals surface area contributed by atoms with Gasteiger partial charge < -0.3 is 4.74 Å². The average Bonchev–Trinajstić information content (AvgIpc) is 2.52. The van der Waals surface area contributed by atoms with Crippen LogP contribution in [-0.2, 0) is 0 Å². The molecule has 3 heteroatoms. The Morgan fingerprint density at radius 3 is 2.50 bits per heavy atom. The van der Waals surface area contributed by atoms with E-state index in [0.29, 0.717) is 5.71 Å². The van der Waals surface area contributed by atoms with Gasteiger partial charge in [-0.3, -0.25) is 5.43 Å². The van der Waals surface area contributed by atoms with E-state index < -0.39 is 0 Å². The van der Waals surface area contributed by atoms with Gasteiger partial charge in [-0.1, -0.05) is 36.3 Å². The van der Waals surface area contributed by atoms with Gasteiger partial charge in [0.15, 0.2) is 0 Å². The van der Waals surface area contributed by atoms with E-state index in [4.69, 9.17) is 4.74 Å². The molecule has 20 heavy (non-hydrogen) atoms. The smallest absolute Gasteiger partial charge is 0.134 e. The molecule has 0 aliphatic rings.